The van der Waals surface area contributed by atoms with E-state index in [0.29, 0.717) is 47.2 Å². The molecule has 0 bridgehead atoms. The van der Waals surface area contributed by atoms with Crippen molar-refractivity contribution in [2.75, 3.05) is 14.2 Å². The molecule has 0 saturated heterocycles. The van der Waals surface area contributed by atoms with E-state index in [4.69, 9.17) is 23.4 Å². The third-order valence-electron chi connectivity index (χ3n) is 8.46. The molecule has 0 aliphatic heterocycles. The monoisotopic (exact) mass is 578 g/mol. The van der Waals surface area contributed by atoms with Crippen LogP contribution in [0.1, 0.15) is 66.9 Å². The van der Waals surface area contributed by atoms with Crippen LogP contribution in [0, 0.1) is 0 Å². The summed E-state index contributed by atoms with van der Waals surface area (Å²) in [5.74, 6) is 2.20. The maximum absolute atomic E-state index is 14.0. The average Bonchev–Trinajstić information content (AvgIpc) is 3.07. The molecular weight excluding hydrogens is 540 g/mol. The molecule has 1 fully saturated rings. The molecule has 0 N–H and O–H groups in total. The van der Waals surface area contributed by atoms with Crippen LogP contribution in [0.25, 0.3) is 16.5 Å². The van der Waals surface area contributed by atoms with Gasteiger partial charge in [-0.2, -0.15) is 0 Å². The normalized spacial score (nSPS) is 17.5. The molecule has 1 saturated carbocycles. The van der Waals surface area contributed by atoms with E-state index >= 15 is 0 Å². The molecule has 0 spiro atoms. The molecule has 2 aliphatic carbocycles. The second-order valence-corrected chi connectivity index (χ2v) is 11.3. The predicted octanol–water partition coefficient (Wildman–Crippen LogP) is 8.30. The zero-order valence-corrected chi connectivity index (χ0v) is 24.8. The maximum Gasteiger partial charge on any atom is 0.235 e. The molecule has 43 heavy (non-hydrogen) atoms. The van der Waals surface area contributed by atoms with E-state index in [9.17, 15) is 4.79 Å². The number of ether oxygens (including phenoxy) is 4. The number of allylic oxidation sites excluding steroid dienone is 1. The summed E-state index contributed by atoms with van der Waals surface area (Å²) in [6.45, 7) is 0.621. The summed E-state index contributed by atoms with van der Waals surface area (Å²) in [7, 11) is 3.25. The van der Waals surface area contributed by atoms with Gasteiger partial charge in [-0.3, -0.25) is 4.79 Å². The van der Waals surface area contributed by atoms with Crippen molar-refractivity contribution >= 4 is 16.5 Å². The first-order valence-electron chi connectivity index (χ1n) is 15.1. The fraction of sp³-hybridized carbons (Fsp3) is 0.324. The Morgan fingerprint density at radius 3 is 2.14 bits per heavy atom. The minimum absolute atomic E-state index is 0.187. The van der Waals surface area contributed by atoms with Crippen LogP contribution in [0.2, 0.25) is 0 Å². The van der Waals surface area contributed by atoms with Gasteiger partial charge in [0.15, 0.2) is 17.3 Å². The number of methoxy groups -OCH3 is 2. The van der Waals surface area contributed by atoms with Gasteiger partial charge < -0.3 is 23.4 Å². The molecule has 1 heterocycles. The lowest BCUT2D eigenvalue weighted by molar-refractivity contribution is 0.0474. The summed E-state index contributed by atoms with van der Waals surface area (Å²) in [5.41, 5.74) is 4.36. The molecule has 1 atom stereocenters. The van der Waals surface area contributed by atoms with Gasteiger partial charge in [-0.05, 0) is 53.7 Å². The summed E-state index contributed by atoms with van der Waals surface area (Å²) >= 11 is 0. The zero-order chi connectivity index (χ0) is 29.6. The topological polar surface area (TPSA) is 67.1 Å². The lowest BCUT2D eigenvalue weighted by atomic mass is 9.84. The molecule has 6 rings (SSSR count). The maximum atomic E-state index is 14.0. The van der Waals surface area contributed by atoms with E-state index < -0.39 is 6.10 Å². The van der Waals surface area contributed by atoms with Crippen LogP contribution < -0.4 is 10.2 Å². The fourth-order valence-corrected chi connectivity index (χ4v) is 6.10. The third kappa shape index (κ3) is 6.40. The third-order valence-corrected chi connectivity index (χ3v) is 8.46. The number of hydrogen-bond donors (Lipinski definition) is 0. The van der Waals surface area contributed by atoms with Crippen LogP contribution in [0.15, 0.2) is 106 Å². The van der Waals surface area contributed by atoms with E-state index in [1.165, 1.54) is 24.8 Å². The molecular formula is C37H38O6. The lowest BCUT2D eigenvalue weighted by Gasteiger charge is -2.27. The van der Waals surface area contributed by atoms with Crippen LogP contribution >= 0.6 is 0 Å². The minimum Gasteiger partial charge on any atom is -0.493 e. The molecule has 1 unspecified atom stereocenters. The molecule has 2 aliphatic rings. The molecule has 1 aromatic heterocycles. The smallest absolute Gasteiger partial charge is 0.235 e. The highest BCUT2D eigenvalue weighted by Gasteiger charge is 2.31. The van der Waals surface area contributed by atoms with Crippen LogP contribution in [0.4, 0.5) is 0 Å². The van der Waals surface area contributed by atoms with Crippen LogP contribution in [0.3, 0.4) is 0 Å². The highest BCUT2D eigenvalue weighted by atomic mass is 16.5. The Morgan fingerprint density at radius 1 is 0.814 bits per heavy atom. The van der Waals surface area contributed by atoms with Crippen molar-refractivity contribution in [3.8, 4) is 5.75 Å². The lowest BCUT2D eigenvalue weighted by Crippen LogP contribution is -2.23. The van der Waals surface area contributed by atoms with Gasteiger partial charge in [0.1, 0.15) is 24.9 Å². The minimum atomic E-state index is -0.435. The van der Waals surface area contributed by atoms with Crippen LogP contribution in [-0.2, 0) is 27.4 Å². The highest BCUT2D eigenvalue weighted by molar-refractivity contribution is 5.82. The Hall–Kier alpha value is -4.29. The summed E-state index contributed by atoms with van der Waals surface area (Å²) < 4.78 is 30.8. The van der Waals surface area contributed by atoms with Crippen molar-refractivity contribution in [2.24, 2.45) is 0 Å². The van der Waals surface area contributed by atoms with Crippen LogP contribution in [0.5, 0.6) is 5.75 Å². The quantitative estimate of drug-likeness (QED) is 0.189. The van der Waals surface area contributed by atoms with Gasteiger partial charge in [-0.25, -0.2) is 0 Å². The van der Waals surface area contributed by atoms with Crippen molar-refractivity contribution in [3.63, 3.8) is 0 Å². The molecule has 0 amide bonds. The van der Waals surface area contributed by atoms with E-state index in [1.807, 2.05) is 72.8 Å². The average molecular weight is 579 g/mol. The van der Waals surface area contributed by atoms with Gasteiger partial charge in [0.05, 0.1) is 12.5 Å². The summed E-state index contributed by atoms with van der Waals surface area (Å²) in [5, 5.41) is 0.514. The first kappa shape index (κ1) is 28.8. The van der Waals surface area contributed by atoms with Crippen molar-refractivity contribution in [1.29, 1.82) is 0 Å². The van der Waals surface area contributed by atoms with Gasteiger partial charge in [0.2, 0.25) is 11.2 Å². The second-order valence-electron chi connectivity index (χ2n) is 11.3. The Morgan fingerprint density at radius 2 is 1.49 bits per heavy atom. The molecule has 6 nitrogen and oxygen atoms in total. The summed E-state index contributed by atoms with van der Waals surface area (Å²) in [6.07, 6.45) is 7.94. The SMILES string of the molecule is COC1=C(OCc2ccccc2)C(OC)CC(c2oc3cc(C4CCCCC4)ccc3c(=O)c2OCc2ccccc2)=C1. The Labute approximate surface area is 252 Å². The molecule has 6 heteroatoms. The van der Waals surface area contributed by atoms with E-state index in [2.05, 4.69) is 12.1 Å². The number of fused-ring (bicyclic) bond motifs is 1. The first-order valence-corrected chi connectivity index (χ1v) is 15.1. The van der Waals surface area contributed by atoms with Crippen molar-refractivity contribution < 1.29 is 23.4 Å². The van der Waals surface area contributed by atoms with E-state index in [0.717, 1.165) is 29.5 Å². The van der Waals surface area contributed by atoms with Crippen molar-refractivity contribution in [2.45, 2.75) is 63.8 Å². The van der Waals surface area contributed by atoms with Gasteiger partial charge in [0, 0.05) is 19.1 Å². The van der Waals surface area contributed by atoms with Crippen molar-refractivity contribution in [1.82, 2.24) is 0 Å². The standard InChI is InChI=1S/C37H38O6/c1-39-32-21-29(22-33(40-2)36(32)41-23-25-12-6-3-7-13-25)35-37(42-24-26-14-8-4-9-15-26)34(38)30-19-18-28(20-31(30)43-35)27-16-10-5-11-17-27/h3-4,6-9,12-15,18-21,27,33H,5,10-11,16-17,22-24H2,1-2H3. The van der Waals surface area contributed by atoms with E-state index in [-0.39, 0.29) is 17.8 Å². The molecule has 0 radical (unpaired) electrons. The number of rotatable bonds is 10. The van der Waals surface area contributed by atoms with Gasteiger partial charge >= 0.3 is 0 Å². The second kappa shape index (κ2) is 13.3. The predicted molar refractivity (Wildman–Crippen MR) is 168 cm³/mol. The molecule has 4 aromatic rings. The first-order chi connectivity index (χ1) is 21.1. The molecule has 222 valence electrons. The fourth-order valence-electron chi connectivity index (χ4n) is 6.10. The highest BCUT2D eigenvalue weighted by Crippen LogP contribution is 2.39. The zero-order valence-electron chi connectivity index (χ0n) is 24.8. The summed E-state index contributed by atoms with van der Waals surface area (Å²) in [4.78, 5) is 14.0. The Bertz CT molecular complexity index is 1660. The van der Waals surface area contributed by atoms with Gasteiger partial charge in [-0.1, -0.05) is 86.0 Å². The Balaban J connectivity index is 1.42. The number of benzene rings is 3. The Kier molecular flexibility index (Phi) is 8.94. The number of hydrogen-bond acceptors (Lipinski definition) is 6. The van der Waals surface area contributed by atoms with Gasteiger partial charge in [0.25, 0.3) is 0 Å². The molecule has 3 aromatic carbocycles. The summed E-state index contributed by atoms with van der Waals surface area (Å²) in [6, 6.07) is 25.8. The van der Waals surface area contributed by atoms with Crippen LogP contribution in [-0.4, -0.2) is 20.3 Å². The van der Waals surface area contributed by atoms with Gasteiger partial charge in [-0.15, -0.1) is 0 Å². The van der Waals surface area contributed by atoms with Crippen molar-refractivity contribution in [3.05, 3.63) is 129 Å². The largest absolute Gasteiger partial charge is 0.493 e. The van der Waals surface area contributed by atoms with E-state index in [1.54, 1.807) is 14.2 Å².